The summed E-state index contributed by atoms with van der Waals surface area (Å²) in [5.74, 6) is 0.317. The van der Waals surface area contributed by atoms with Crippen molar-refractivity contribution in [3.8, 4) is 0 Å². The normalized spacial score (nSPS) is 22.2. The standard InChI is InChI=1S/C12H23N3O/c1-2-14(11-4-5-11)10-12(16)15-8-3-6-13-7-9-15/h11,13H,2-10H2,1H3. The first-order valence-corrected chi connectivity index (χ1v) is 6.54. The molecular weight excluding hydrogens is 202 g/mol. The van der Waals surface area contributed by atoms with E-state index < -0.39 is 0 Å². The van der Waals surface area contributed by atoms with Crippen LogP contribution >= 0.6 is 0 Å². The van der Waals surface area contributed by atoms with Gasteiger partial charge < -0.3 is 10.2 Å². The number of nitrogens with one attached hydrogen (secondary N) is 1. The summed E-state index contributed by atoms with van der Waals surface area (Å²) >= 11 is 0. The SMILES string of the molecule is CCN(CC(=O)N1CCCNCC1)C1CC1. The molecule has 0 unspecified atom stereocenters. The fraction of sp³-hybridized carbons (Fsp3) is 0.917. The Morgan fingerprint density at radius 3 is 2.88 bits per heavy atom. The third-order valence-electron chi connectivity index (χ3n) is 3.50. The zero-order valence-electron chi connectivity index (χ0n) is 10.2. The Kier molecular flexibility index (Phi) is 4.18. The Balaban J connectivity index is 1.80. The molecule has 16 heavy (non-hydrogen) atoms. The summed E-state index contributed by atoms with van der Waals surface area (Å²) in [5.41, 5.74) is 0. The van der Waals surface area contributed by atoms with Crippen molar-refractivity contribution in [2.24, 2.45) is 0 Å². The van der Waals surface area contributed by atoms with E-state index in [0.29, 0.717) is 18.5 Å². The van der Waals surface area contributed by atoms with Crippen molar-refractivity contribution >= 4 is 5.91 Å². The average molecular weight is 225 g/mol. The summed E-state index contributed by atoms with van der Waals surface area (Å²) in [4.78, 5) is 16.4. The molecule has 0 aromatic rings. The van der Waals surface area contributed by atoms with Crippen molar-refractivity contribution in [1.82, 2.24) is 15.1 Å². The quantitative estimate of drug-likeness (QED) is 0.747. The second-order valence-electron chi connectivity index (χ2n) is 4.78. The van der Waals surface area contributed by atoms with Crippen LogP contribution in [0.1, 0.15) is 26.2 Å². The van der Waals surface area contributed by atoms with E-state index in [9.17, 15) is 4.79 Å². The molecule has 1 aliphatic heterocycles. The van der Waals surface area contributed by atoms with E-state index in [1.807, 2.05) is 4.90 Å². The molecule has 1 aliphatic carbocycles. The lowest BCUT2D eigenvalue weighted by molar-refractivity contribution is -0.132. The van der Waals surface area contributed by atoms with Gasteiger partial charge in [0.05, 0.1) is 6.54 Å². The fourth-order valence-corrected chi connectivity index (χ4v) is 2.31. The number of amides is 1. The number of carbonyl (C=O) groups is 1. The predicted octanol–water partition coefficient (Wildman–Crippen LogP) is 0.293. The number of rotatable bonds is 4. The van der Waals surface area contributed by atoms with E-state index in [0.717, 1.165) is 39.1 Å². The third kappa shape index (κ3) is 3.19. The van der Waals surface area contributed by atoms with Crippen LogP contribution in [-0.2, 0) is 4.79 Å². The van der Waals surface area contributed by atoms with Crippen LogP contribution in [-0.4, -0.2) is 61.0 Å². The number of nitrogens with zero attached hydrogens (tertiary/aromatic N) is 2. The Labute approximate surface area is 98.0 Å². The maximum atomic E-state index is 12.1. The van der Waals surface area contributed by atoms with Gasteiger partial charge in [-0.05, 0) is 32.4 Å². The van der Waals surface area contributed by atoms with E-state index in [4.69, 9.17) is 0 Å². The molecular formula is C12H23N3O. The fourth-order valence-electron chi connectivity index (χ4n) is 2.31. The monoisotopic (exact) mass is 225 g/mol. The van der Waals surface area contributed by atoms with Crippen LogP contribution in [0.5, 0.6) is 0 Å². The van der Waals surface area contributed by atoms with Gasteiger partial charge in [-0.25, -0.2) is 0 Å². The zero-order valence-corrected chi connectivity index (χ0v) is 10.2. The molecule has 0 bridgehead atoms. The minimum Gasteiger partial charge on any atom is -0.340 e. The van der Waals surface area contributed by atoms with Gasteiger partial charge in [-0.15, -0.1) is 0 Å². The summed E-state index contributed by atoms with van der Waals surface area (Å²) in [6.07, 6.45) is 3.65. The van der Waals surface area contributed by atoms with E-state index in [2.05, 4.69) is 17.1 Å². The van der Waals surface area contributed by atoms with Crippen molar-refractivity contribution in [3.63, 3.8) is 0 Å². The molecule has 1 amide bonds. The molecule has 2 aliphatic rings. The van der Waals surface area contributed by atoms with Gasteiger partial charge in [-0.3, -0.25) is 9.69 Å². The van der Waals surface area contributed by atoms with Gasteiger partial charge in [0.2, 0.25) is 5.91 Å². The molecule has 1 N–H and O–H groups in total. The lowest BCUT2D eigenvalue weighted by atomic mass is 10.3. The molecule has 0 atom stereocenters. The number of hydrogen-bond donors (Lipinski definition) is 1. The van der Waals surface area contributed by atoms with Crippen LogP contribution in [0, 0.1) is 0 Å². The molecule has 0 radical (unpaired) electrons. The number of likely N-dealkylation sites (N-methyl/N-ethyl adjacent to an activating group) is 1. The van der Waals surface area contributed by atoms with Crippen molar-refractivity contribution in [2.45, 2.75) is 32.2 Å². The van der Waals surface area contributed by atoms with Gasteiger partial charge >= 0.3 is 0 Å². The number of hydrogen-bond acceptors (Lipinski definition) is 3. The number of carbonyl (C=O) groups excluding carboxylic acids is 1. The summed E-state index contributed by atoms with van der Waals surface area (Å²) < 4.78 is 0. The first-order valence-electron chi connectivity index (χ1n) is 6.54. The van der Waals surface area contributed by atoms with Gasteiger partial charge in [-0.1, -0.05) is 6.92 Å². The average Bonchev–Trinajstić information content (AvgIpc) is 3.11. The minimum atomic E-state index is 0.317. The summed E-state index contributed by atoms with van der Waals surface area (Å²) in [6.45, 7) is 7.57. The Morgan fingerprint density at radius 2 is 2.19 bits per heavy atom. The maximum absolute atomic E-state index is 12.1. The molecule has 1 saturated heterocycles. The Hall–Kier alpha value is -0.610. The molecule has 2 rings (SSSR count). The van der Waals surface area contributed by atoms with E-state index in [1.165, 1.54) is 12.8 Å². The van der Waals surface area contributed by atoms with Gasteiger partial charge in [0.25, 0.3) is 0 Å². The molecule has 92 valence electrons. The lowest BCUT2D eigenvalue weighted by Crippen LogP contribution is -2.42. The van der Waals surface area contributed by atoms with Crippen molar-refractivity contribution < 1.29 is 4.79 Å². The maximum Gasteiger partial charge on any atom is 0.236 e. The topological polar surface area (TPSA) is 35.6 Å². The van der Waals surface area contributed by atoms with Crippen molar-refractivity contribution in [3.05, 3.63) is 0 Å². The summed E-state index contributed by atoms with van der Waals surface area (Å²) in [5, 5.41) is 3.33. The van der Waals surface area contributed by atoms with Crippen LogP contribution in [0.25, 0.3) is 0 Å². The highest BCUT2D eigenvalue weighted by Gasteiger charge is 2.30. The second kappa shape index (κ2) is 5.64. The molecule has 0 spiro atoms. The largest absolute Gasteiger partial charge is 0.340 e. The van der Waals surface area contributed by atoms with Crippen LogP contribution < -0.4 is 5.32 Å². The molecule has 4 heteroatoms. The highest BCUT2D eigenvalue weighted by molar-refractivity contribution is 5.78. The third-order valence-corrected chi connectivity index (χ3v) is 3.50. The van der Waals surface area contributed by atoms with E-state index >= 15 is 0 Å². The molecule has 0 aromatic carbocycles. The van der Waals surface area contributed by atoms with Crippen LogP contribution in [0.3, 0.4) is 0 Å². The smallest absolute Gasteiger partial charge is 0.236 e. The van der Waals surface area contributed by atoms with Crippen molar-refractivity contribution in [1.29, 1.82) is 0 Å². The highest BCUT2D eigenvalue weighted by Crippen LogP contribution is 2.26. The molecule has 0 aromatic heterocycles. The molecule has 1 saturated carbocycles. The molecule has 4 nitrogen and oxygen atoms in total. The first kappa shape index (κ1) is 11.9. The summed E-state index contributed by atoms with van der Waals surface area (Å²) in [7, 11) is 0. The minimum absolute atomic E-state index is 0.317. The Bertz CT molecular complexity index is 232. The van der Waals surface area contributed by atoms with Gasteiger partial charge in [0.15, 0.2) is 0 Å². The summed E-state index contributed by atoms with van der Waals surface area (Å²) in [6, 6.07) is 0.694. The van der Waals surface area contributed by atoms with Gasteiger partial charge in [0.1, 0.15) is 0 Å². The van der Waals surface area contributed by atoms with E-state index in [1.54, 1.807) is 0 Å². The van der Waals surface area contributed by atoms with E-state index in [-0.39, 0.29) is 0 Å². The lowest BCUT2D eigenvalue weighted by Gasteiger charge is -2.25. The van der Waals surface area contributed by atoms with Gasteiger partial charge in [0, 0.05) is 25.7 Å². The second-order valence-corrected chi connectivity index (χ2v) is 4.78. The van der Waals surface area contributed by atoms with Crippen LogP contribution in [0.4, 0.5) is 0 Å². The molecule has 2 fully saturated rings. The highest BCUT2D eigenvalue weighted by atomic mass is 16.2. The Morgan fingerprint density at radius 1 is 1.38 bits per heavy atom. The predicted molar refractivity (Wildman–Crippen MR) is 64.3 cm³/mol. The van der Waals surface area contributed by atoms with Gasteiger partial charge in [-0.2, -0.15) is 0 Å². The van der Waals surface area contributed by atoms with Crippen molar-refractivity contribution in [2.75, 3.05) is 39.3 Å². The van der Waals surface area contributed by atoms with Crippen LogP contribution in [0.15, 0.2) is 0 Å². The first-order chi connectivity index (χ1) is 7.81. The molecule has 1 heterocycles. The van der Waals surface area contributed by atoms with Crippen LogP contribution in [0.2, 0.25) is 0 Å². The zero-order chi connectivity index (χ0) is 11.4.